The summed E-state index contributed by atoms with van der Waals surface area (Å²) in [6, 6.07) is 18.3. The first-order valence-corrected chi connectivity index (χ1v) is 12.2. The average molecular weight is 492 g/mol. The van der Waals surface area contributed by atoms with E-state index in [0.29, 0.717) is 22.2 Å². The second kappa shape index (κ2) is 10.5. The fourth-order valence-corrected chi connectivity index (χ4v) is 4.59. The number of nitro groups is 1. The number of hydrogen-bond donors (Lipinski definition) is 2. The van der Waals surface area contributed by atoms with Crippen LogP contribution in [0.1, 0.15) is 5.56 Å². The number of thioether (sulfide) groups is 1. The monoisotopic (exact) mass is 491 g/mol. The molecule has 1 amide bonds. The SMILES string of the molecule is O=C(CSCc1ccc([N+](=O)[O-])cc1)Nc1ccc(S(=O)(=O)Nc2ccc(Cl)cc2)cc1. The summed E-state index contributed by atoms with van der Waals surface area (Å²) in [5, 5.41) is 13.9. The van der Waals surface area contributed by atoms with Crippen molar-refractivity contribution in [1.82, 2.24) is 0 Å². The molecule has 0 bridgehead atoms. The van der Waals surface area contributed by atoms with E-state index in [1.54, 1.807) is 36.4 Å². The number of amides is 1. The van der Waals surface area contributed by atoms with Gasteiger partial charge in [0.2, 0.25) is 5.91 Å². The second-order valence-corrected chi connectivity index (χ2v) is 9.71. The van der Waals surface area contributed by atoms with Crippen LogP contribution in [-0.4, -0.2) is 25.0 Å². The predicted molar refractivity (Wildman–Crippen MR) is 127 cm³/mol. The fraction of sp³-hybridized carbons (Fsp3) is 0.0952. The summed E-state index contributed by atoms with van der Waals surface area (Å²) in [7, 11) is -3.78. The van der Waals surface area contributed by atoms with Crippen molar-refractivity contribution in [2.45, 2.75) is 10.6 Å². The topological polar surface area (TPSA) is 118 Å². The van der Waals surface area contributed by atoms with Crippen molar-refractivity contribution in [3.8, 4) is 0 Å². The molecule has 0 unspecified atom stereocenters. The van der Waals surface area contributed by atoms with Crippen molar-refractivity contribution in [1.29, 1.82) is 0 Å². The second-order valence-electron chi connectivity index (χ2n) is 6.60. The van der Waals surface area contributed by atoms with Gasteiger partial charge in [0.05, 0.1) is 15.6 Å². The van der Waals surface area contributed by atoms with Crippen molar-refractivity contribution in [2.75, 3.05) is 15.8 Å². The zero-order valence-electron chi connectivity index (χ0n) is 16.5. The first kappa shape index (κ1) is 23.6. The maximum Gasteiger partial charge on any atom is 0.269 e. The molecule has 3 aromatic carbocycles. The van der Waals surface area contributed by atoms with Gasteiger partial charge in [-0.3, -0.25) is 19.6 Å². The molecule has 0 aromatic heterocycles. The van der Waals surface area contributed by atoms with Crippen LogP contribution in [0.25, 0.3) is 0 Å². The highest BCUT2D eigenvalue weighted by Gasteiger charge is 2.14. The Hall–Kier alpha value is -3.08. The van der Waals surface area contributed by atoms with Gasteiger partial charge in [-0.2, -0.15) is 0 Å². The Morgan fingerprint density at radius 1 is 0.938 bits per heavy atom. The molecule has 0 heterocycles. The molecule has 0 spiro atoms. The largest absolute Gasteiger partial charge is 0.325 e. The third kappa shape index (κ3) is 6.71. The molecule has 166 valence electrons. The molecule has 3 rings (SSSR count). The minimum absolute atomic E-state index is 0.0188. The van der Waals surface area contributed by atoms with Crippen LogP contribution < -0.4 is 10.0 Å². The van der Waals surface area contributed by atoms with Crippen LogP contribution in [0, 0.1) is 10.1 Å². The molecule has 0 radical (unpaired) electrons. The highest BCUT2D eigenvalue weighted by molar-refractivity contribution is 7.99. The molecule has 0 saturated heterocycles. The molecule has 0 saturated carbocycles. The number of carbonyl (C=O) groups is 1. The summed E-state index contributed by atoms with van der Waals surface area (Å²) in [4.78, 5) is 22.4. The summed E-state index contributed by atoms with van der Waals surface area (Å²) in [6.45, 7) is 0. The molecular formula is C21H18ClN3O5S2. The minimum Gasteiger partial charge on any atom is -0.325 e. The van der Waals surface area contributed by atoms with E-state index < -0.39 is 14.9 Å². The van der Waals surface area contributed by atoms with Crippen molar-refractivity contribution in [3.63, 3.8) is 0 Å². The Labute approximate surface area is 194 Å². The van der Waals surface area contributed by atoms with Crippen molar-refractivity contribution in [2.24, 2.45) is 0 Å². The average Bonchev–Trinajstić information content (AvgIpc) is 2.76. The van der Waals surface area contributed by atoms with E-state index in [-0.39, 0.29) is 22.2 Å². The van der Waals surface area contributed by atoms with Gasteiger partial charge in [0.15, 0.2) is 0 Å². The van der Waals surface area contributed by atoms with Crippen LogP contribution in [0.5, 0.6) is 0 Å². The first-order valence-electron chi connectivity index (χ1n) is 9.22. The number of nitro benzene ring substituents is 1. The van der Waals surface area contributed by atoms with E-state index in [9.17, 15) is 23.3 Å². The molecule has 3 aromatic rings. The molecule has 0 aliphatic carbocycles. The van der Waals surface area contributed by atoms with Crippen LogP contribution in [0.2, 0.25) is 5.02 Å². The lowest BCUT2D eigenvalue weighted by atomic mass is 10.2. The standard InChI is InChI=1S/C21H18ClN3O5S2/c22-16-3-5-18(6-4-16)24-32(29,30)20-11-7-17(8-12-20)23-21(26)14-31-13-15-1-9-19(10-2-15)25(27)28/h1-12,24H,13-14H2,(H,23,26). The van der Waals surface area contributed by atoms with Gasteiger partial charge >= 0.3 is 0 Å². The Morgan fingerprint density at radius 3 is 2.12 bits per heavy atom. The van der Waals surface area contributed by atoms with Crippen LogP contribution in [0.15, 0.2) is 77.7 Å². The highest BCUT2D eigenvalue weighted by atomic mass is 35.5. The van der Waals surface area contributed by atoms with Crippen LogP contribution >= 0.6 is 23.4 Å². The number of hydrogen-bond acceptors (Lipinski definition) is 6. The Kier molecular flexibility index (Phi) is 7.73. The third-order valence-electron chi connectivity index (χ3n) is 4.19. The summed E-state index contributed by atoms with van der Waals surface area (Å²) in [5.74, 6) is 0.459. The molecule has 32 heavy (non-hydrogen) atoms. The van der Waals surface area contributed by atoms with Crippen molar-refractivity contribution in [3.05, 3.63) is 93.5 Å². The zero-order valence-corrected chi connectivity index (χ0v) is 18.9. The maximum atomic E-state index is 12.5. The normalized spacial score (nSPS) is 11.0. The summed E-state index contributed by atoms with van der Waals surface area (Å²) < 4.78 is 27.4. The van der Waals surface area contributed by atoms with Gasteiger partial charge in [0.1, 0.15) is 0 Å². The number of sulfonamides is 1. The Morgan fingerprint density at radius 2 is 1.53 bits per heavy atom. The maximum absolute atomic E-state index is 12.5. The van der Waals surface area contributed by atoms with Gasteiger partial charge < -0.3 is 5.32 Å². The van der Waals surface area contributed by atoms with Crippen LogP contribution in [-0.2, 0) is 20.6 Å². The van der Waals surface area contributed by atoms with Gasteiger partial charge in [-0.1, -0.05) is 23.7 Å². The van der Waals surface area contributed by atoms with Gasteiger partial charge in [0.25, 0.3) is 15.7 Å². The van der Waals surface area contributed by atoms with Crippen LogP contribution in [0.3, 0.4) is 0 Å². The lowest BCUT2D eigenvalue weighted by Crippen LogP contribution is -2.15. The fourth-order valence-electron chi connectivity index (χ4n) is 2.62. The lowest BCUT2D eigenvalue weighted by molar-refractivity contribution is -0.384. The molecule has 8 nitrogen and oxygen atoms in total. The van der Waals surface area contributed by atoms with Gasteiger partial charge in [-0.05, 0) is 54.1 Å². The Bertz CT molecular complexity index is 1200. The molecule has 2 N–H and O–H groups in total. The van der Waals surface area contributed by atoms with Gasteiger partial charge in [-0.15, -0.1) is 11.8 Å². The number of nitrogens with zero attached hydrogens (tertiary/aromatic N) is 1. The molecular weight excluding hydrogens is 474 g/mol. The van der Waals surface area contributed by atoms with E-state index in [0.717, 1.165) is 5.56 Å². The summed E-state index contributed by atoms with van der Waals surface area (Å²) in [6.07, 6.45) is 0. The first-order chi connectivity index (χ1) is 15.2. The number of rotatable bonds is 9. The molecule has 0 aliphatic rings. The third-order valence-corrected chi connectivity index (χ3v) is 6.85. The number of benzene rings is 3. The van der Waals surface area contributed by atoms with E-state index in [1.807, 2.05) is 0 Å². The van der Waals surface area contributed by atoms with Crippen molar-refractivity contribution >= 4 is 56.4 Å². The van der Waals surface area contributed by atoms with E-state index in [2.05, 4.69) is 10.0 Å². The number of halogens is 1. The molecule has 0 atom stereocenters. The Balaban J connectivity index is 1.50. The van der Waals surface area contributed by atoms with E-state index in [1.165, 1.54) is 48.2 Å². The number of carbonyl (C=O) groups excluding carboxylic acids is 1. The van der Waals surface area contributed by atoms with E-state index in [4.69, 9.17) is 11.6 Å². The zero-order chi connectivity index (χ0) is 23.1. The van der Waals surface area contributed by atoms with Gasteiger partial charge in [-0.25, -0.2) is 8.42 Å². The van der Waals surface area contributed by atoms with Crippen LogP contribution in [0.4, 0.5) is 17.1 Å². The summed E-state index contributed by atoms with van der Waals surface area (Å²) in [5.41, 5.74) is 1.75. The molecule has 0 aliphatic heterocycles. The quantitative estimate of drug-likeness (QED) is 0.324. The van der Waals surface area contributed by atoms with Gasteiger partial charge in [0, 0.05) is 34.3 Å². The smallest absolute Gasteiger partial charge is 0.269 e. The highest BCUT2D eigenvalue weighted by Crippen LogP contribution is 2.21. The van der Waals surface area contributed by atoms with E-state index >= 15 is 0 Å². The van der Waals surface area contributed by atoms with Crippen molar-refractivity contribution < 1.29 is 18.1 Å². The number of non-ortho nitro benzene ring substituents is 1. The predicted octanol–water partition coefficient (Wildman–Crippen LogP) is 4.92. The number of anilines is 2. The molecule has 0 fully saturated rings. The summed E-state index contributed by atoms with van der Waals surface area (Å²) >= 11 is 7.16. The molecule has 11 heteroatoms. The lowest BCUT2D eigenvalue weighted by Gasteiger charge is -2.10. The number of nitrogens with one attached hydrogen (secondary N) is 2. The minimum atomic E-state index is -3.78.